The monoisotopic (exact) mass is 315 g/mol. The van der Waals surface area contributed by atoms with Crippen LogP contribution in [0.15, 0.2) is 41.4 Å². The second kappa shape index (κ2) is 7.58. The van der Waals surface area contributed by atoms with Crippen LogP contribution in [-0.4, -0.2) is 23.2 Å². The summed E-state index contributed by atoms with van der Waals surface area (Å²) in [5.74, 6) is 0.872. The number of aromatic nitrogens is 1. The highest BCUT2D eigenvalue weighted by molar-refractivity contribution is 8.13. The summed E-state index contributed by atoms with van der Waals surface area (Å²) in [6, 6.07) is 12.4. The summed E-state index contributed by atoms with van der Waals surface area (Å²) in [7, 11) is 0. The number of hydrogen-bond donors (Lipinski definition) is 1. The van der Waals surface area contributed by atoms with Gasteiger partial charge in [0.2, 0.25) is 0 Å². The average Bonchev–Trinajstić information content (AvgIpc) is 2.89. The zero-order valence-corrected chi connectivity index (χ0v) is 12.7. The molecule has 1 aromatic heterocycles. The summed E-state index contributed by atoms with van der Waals surface area (Å²) in [6.07, 6.45) is 0. The average molecular weight is 316 g/mol. The molecule has 1 aliphatic rings. The zero-order chi connectivity index (χ0) is 11.5. The van der Waals surface area contributed by atoms with Gasteiger partial charge in [-0.3, -0.25) is 9.98 Å². The lowest BCUT2D eigenvalue weighted by Crippen LogP contribution is -2.15. The third-order valence-electron chi connectivity index (χ3n) is 2.66. The van der Waals surface area contributed by atoms with Crippen LogP contribution in [0.5, 0.6) is 0 Å². The van der Waals surface area contributed by atoms with E-state index in [0.717, 1.165) is 35.2 Å². The largest absolute Gasteiger partial charge is 0.363 e. The lowest BCUT2D eigenvalue weighted by molar-refractivity contribution is 0.963. The van der Waals surface area contributed by atoms with E-state index >= 15 is 0 Å². The standard InChI is InChI=1S/C13H13N3S.2ClH/c1-2-4-12-10(3-1)5-6-11(16-12)9-17-13-14-7-8-15-13;;/h1-6H,7-9H2,(H,14,15);2*1H. The highest BCUT2D eigenvalue weighted by atomic mass is 35.5. The second-order valence-electron chi connectivity index (χ2n) is 3.90. The second-order valence-corrected chi connectivity index (χ2v) is 4.86. The molecular weight excluding hydrogens is 301 g/mol. The molecule has 1 N–H and O–H groups in total. The molecule has 0 bridgehead atoms. The molecule has 1 aliphatic heterocycles. The molecule has 19 heavy (non-hydrogen) atoms. The third kappa shape index (κ3) is 4.00. The summed E-state index contributed by atoms with van der Waals surface area (Å²) in [6.45, 7) is 1.86. The van der Waals surface area contributed by atoms with Crippen molar-refractivity contribution in [1.82, 2.24) is 10.3 Å². The van der Waals surface area contributed by atoms with Crippen molar-refractivity contribution in [3.8, 4) is 0 Å². The topological polar surface area (TPSA) is 37.3 Å². The minimum Gasteiger partial charge on any atom is -0.363 e. The molecule has 0 spiro atoms. The van der Waals surface area contributed by atoms with Gasteiger partial charge in [0.1, 0.15) is 0 Å². The van der Waals surface area contributed by atoms with Crippen molar-refractivity contribution in [2.45, 2.75) is 5.75 Å². The predicted octanol–water partition coefficient (Wildman–Crippen LogP) is 3.27. The molecule has 3 rings (SSSR count). The molecule has 2 aromatic rings. The Morgan fingerprint density at radius 3 is 2.74 bits per heavy atom. The summed E-state index contributed by atoms with van der Waals surface area (Å²) < 4.78 is 0. The Morgan fingerprint density at radius 2 is 1.95 bits per heavy atom. The Bertz CT molecular complexity index is 575. The van der Waals surface area contributed by atoms with Crippen molar-refractivity contribution >= 4 is 52.6 Å². The van der Waals surface area contributed by atoms with Crippen LogP contribution in [0, 0.1) is 0 Å². The molecule has 102 valence electrons. The predicted molar refractivity (Wildman–Crippen MR) is 87.8 cm³/mol. The van der Waals surface area contributed by atoms with E-state index in [1.54, 1.807) is 11.8 Å². The summed E-state index contributed by atoms with van der Waals surface area (Å²) in [4.78, 5) is 8.99. The smallest absolute Gasteiger partial charge is 0.157 e. The van der Waals surface area contributed by atoms with E-state index < -0.39 is 0 Å². The van der Waals surface area contributed by atoms with Crippen LogP contribution < -0.4 is 5.32 Å². The molecule has 6 heteroatoms. The fourth-order valence-electron chi connectivity index (χ4n) is 1.80. The first-order chi connectivity index (χ1) is 8.42. The van der Waals surface area contributed by atoms with Gasteiger partial charge in [0.05, 0.1) is 17.8 Å². The van der Waals surface area contributed by atoms with Gasteiger partial charge in [0.15, 0.2) is 5.17 Å². The van der Waals surface area contributed by atoms with Crippen LogP contribution in [0.3, 0.4) is 0 Å². The van der Waals surface area contributed by atoms with E-state index in [9.17, 15) is 0 Å². The molecule has 1 aromatic carbocycles. The van der Waals surface area contributed by atoms with Gasteiger partial charge >= 0.3 is 0 Å². The quantitative estimate of drug-likeness (QED) is 0.924. The summed E-state index contributed by atoms with van der Waals surface area (Å²) in [5.41, 5.74) is 2.16. The van der Waals surface area contributed by atoms with Crippen LogP contribution in [0.25, 0.3) is 10.9 Å². The van der Waals surface area contributed by atoms with Crippen LogP contribution in [0.1, 0.15) is 5.69 Å². The first-order valence-corrected chi connectivity index (χ1v) is 6.66. The SMILES string of the molecule is Cl.Cl.c1ccc2nc(CSC3=NCCN3)ccc2c1. The van der Waals surface area contributed by atoms with Gasteiger partial charge in [-0.1, -0.05) is 36.0 Å². The van der Waals surface area contributed by atoms with Crippen LogP contribution in [0.4, 0.5) is 0 Å². The van der Waals surface area contributed by atoms with Gasteiger partial charge in [0.25, 0.3) is 0 Å². The minimum absolute atomic E-state index is 0. The molecule has 0 aliphatic carbocycles. The summed E-state index contributed by atoms with van der Waals surface area (Å²) >= 11 is 1.72. The molecule has 0 radical (unpaired) electrons. The Kier molecular flexibility index (Phi) is 6.42. The fourth-order valence-corrected chi connectivity index (χ4v) is 2.64. The maximum absolute atomic E-state index is 4.63. The first-order valence-electron chi connectivity index (χ1n) is 5.67. The van der Waals surface area contributed by atoms with Crippen molar-refractivity contribution in [1.29, 1.82) is 0 Å². The van der Waals surface area contributed by atoms with Gasteiger partial charge < -0.3 is 5.32 Å². The van der Waals surface area contributed by atoms with E-state index in [-0.39, 0.29) is 24.8 Å². The number of benzene rings is 1. The van der Waals surface area contributed by atoms with E-state index in [1.165, 1.54) is 5.39 Å². The lowest BCUT2D eigenvalue weighted by atomic mass is 10.2. The third-order valence-corrected chi connectivity index (χ3v) is 3.64. The first kappa shape index (κ1) is 16.1. The Hall–Kier alpha value is -0.970. The zero-order valence-electron chi connectivity index (χ0n) is 10.2. The Morgan fingerprint density at radius 1 is 1.11 bits per heavy atom. The maximum Gasteiger partial charge on any atom is 0.157 e. The van der Waals surface area contributed by atoms with Crippen molar-refractivity contribution < 1.29 is 0 Å². The van der Waals surface area contributed by atoms with Crippen LogP contribution >= 0.6 is 36.6 Å². The molecular formula is C13H15Cl2N3S. The lowest BCUT2D eigenvalue weighted by Gasteiger charge is -2.03. The fraction of sp³-hybridized carbons (Fsp3) is 0.231. The van der Waals surface area contributed by atoms with Gasteiger partial charge in [0, 0.05) is 17.7 Å². The number of halogens is 2. The molecule has 0 saturated carbocycles. The molecule has 0 fully saturated rings. The van der Waals surface area contributed by atoms with Gasteiger partial charge in [-0.2, -0.15) is 0 Å². The number of fused-ring (bicyclic) bond motifs is 1. The number of amidine groups is 1. The molecule has 3 nitrogen and oxygen atoms in total. The summed E-state index contributed by atoms with van der Waals surface area (Å²) in [5, 5.41) is 5.48. The number of pyridine rings is 1. The van der Waals surface area contributed by atoms with Gasteiger partial charge in [-0.25, -0.2) is 0 Å². The van der Waals surface area contributed by atoms with Crippen molar-refractivity contribution in [2.75, 3.05) is 13.1 Å². The highest BCUT2D eigenvalue weighted by Crippen LogP contribution is 2.16. The van der Waals surface area contributed by atoms with Crippen LogP contribution in [0.2, 0.25) is 0 Å². The number of para-hydroxylation sites is 1. The number of thioether (sulfide) groups is 1. The van der Waals surface area contributed by atoms with Crippen molar-refractivity contribution in [3.63, 3.8) is 0 Å². The maximum atomic E-state index is 4.63. The van der Waals surface area contributed by atoms with Crippen LogP contribution in [-0.2, 0) is 5.75 Å². The minimum atomic E-state index is 0. The number of nitrogens with zero attached hydrogens (tertiary/aromatic N) is 2. The molecule has 0 unspecified atom stereocenters. The van der Waals surface area contributed by atoms with Gasteiger partial charge in [-0.05, 0) is 12.1 Å². The van der Waals surface area contributed by atoms with Gasteiger partial charge in [-0.15, -0.1) is 24.8 Å². The van der Waals surface area contributed by atoms with E-state index in [0.29, 0.717) is 0 Å². The number of rotatable bonds is 2. The van der Waals surface area contributed by atoms with E-state index in [2.05, 4.69) is 39.6 Å². The number of nitrogens with one attached hydrogen (secondary N) is 1. The Labute approximate surface area is 129 Å². The highest BCUT2D eigenvalue weighted by Gasteiger charge is 2.06. The molecule has 0 saturated heterocycles. The van der Waals surface area contributed by atoms with Crippen molar-refractivity contribution in [2.24, 2.45) is 4.99 Å². The molecule has 2 heterocycles. The van der Waals surface area contributed by atoms with E-state index in [4.69, 9.17) is 0 Å². The normalized spacial score (nSPS) is 13.2. The Balaban J connectivity index is 0.000000902. The molecule has 0 amide bonds. The van der Waals surface area contributed by atoms with Crippen molar-refractivity contribution in [3.05, 3.63) is 42.1 Å². The number of aliphatic imine (C=N–C) groups is 1. The molecule has 0 atom stereocenters. The number of hydrogen-bond acceptors (Lipinski definition) is 4. The van der Waals surface area contributed by atoms with E-state index in [1.807, 2.05) is 12.1 Å².